The molecule has 0 spiro atoms. The Labute approximate surface area is 102 Å². The minimum absolute atomic E-state index is 0.00208. The molecule has 0 aliphatic carbocycles. The highest BCUT2D eigenvalue weighted by Gasteiger charge is 2.15. The van der Waals surface area contributed by atoms with Gasteiger partial charge in [0.05, 0.1) is 23.1 Å². The Kier molecular flexibility index (Phi) is 3.24. The van der Waals surface area contributed by atoms with Crippen LogP contribution in [0.25, 0.3) is 0 Å². The van der Waals surface area contributed by atoms with E-state index in [0.29, 0.717) is 11.4 Å². The van der Waals surface area contributed by atoms with E-state index in [-0.39, 0.29) is 5.69 Å². The van der Waals surface area contributed by atoms with Crippen molar-refractivity contribution in [2.75, 3.05) is 12.4 Å². The molecule has 88 valence electrons. The third kappa shape index (κ3) is 2.54. The Morgan fingerprint density at radius 2 is 2.24 bits per heavy atom. The van der Waals surface area contributed by atoms with Gasteiger partial charge in [-0.05, 0) is 29.6 Å². The molecule has 5 nitrogen and oxygen atoms in total. The van der Waals surface area contributed by atoms with Crippen molar-refractivity contribution in [1.29, 1.82) is 0 Å². The van der Waals surface area contributed by atoms with Crippen LogP contribution in [0.2, 0.25) is 0 Å². The second-order valence-electron chi connectivity index (χ2n) is 3.24. The van der Waals surface area contributed by atoms with E-state index >= 15 is 0 Å². The van der Waals surface area contributed by atoms with Crippen LogP contribution in [0.5, 0.6) is 5.75 Å². The van der Waals surface area contributed by atoms with Crippen LogP contribution in [0.3, 0.4) is 0 Å². The lowest BCUT2D eigenvalue weighted by molar-refractivity contribution is -0.384. The number of nitrogens with zero attached hydrogens (tertiary/aromatic N) is 1. The summed E-state index contributed by atoms with van der Waals surface area (Å²) in [5.41, 5.74) is 0.455. The van der Waals surface area contributed by atoms with Crippen LogP contribution in [0.15, 0.2) is 35.7 Å². The molecule has 0 fully saturated rings. The molecule has 0 unspecified atom stereocenters. The number of hydrogen-bond donors (Lipinski definition) is 1. The van der Waals surface area contributed by atoms with E-state index in [9.17, 15) is 10.1 Å². The average Bonchev–Trinajstić information content (AvgIpc) is 2.82. The maximum absolute atomic E-state index is 10.9. The molecule has 0 atom stereocenters. The highest BCUT2D eigenvalue weighted by molar-refractivity contribution is 7.14. The Morgan fingerprint density at radius 1 is 1.41 bits per heavy atom. The minimum atomic E-state index is -0.432. The molecule has 0 aliphatic heterocycles. The van der Waals surface area contributed by atoms with E-state index in [1.165, 1.54) is 24.5 Å². The number of rotatable bonds is 4. The molecule has 0 bridgehead atoms. The number of anilines is 2. The van der Waals surface area contributed by atoms with Gasteiger partial charge in [0.1, 0.15) is 11.4 Å². The molecule has 6 heteroatoms. The van der Waals surface area contributed by atoms with Gasteiger partial charge < -0.3 is 10.1 Å². The second kappa shape index (κ2) is 4.84. The largest absolute Gasteiger partial charge is 0.496 e. The SMILES string of the molecule is COc1ccc(Nc2cccs2)c([N+](=O)[O-])c1. The molecular weight excluding hydrogens is 240 g/mol. The Bertz CT molecular complexity index is 526. The Morgan fingerprint density at radius 3 is 2.82 bits per heavy atom. The number of nitro groups is 1. The molecule has 2 aromatic rings. The van der Waals surface area contributed by atoms with Crippen molar-refractivity contribution in [2.24, 2.45) is 0 Å². The number of methoxy groups -OCH3 is 1. The number of nitro benzene ring substituents is 1. The summed E-state index contributed by atoms with van der Waals surface area (Å²) in [6.07, 6.45) is 0. The summed E-state index contributed by atoms with van der Waals surface area (Å²) in [7, 11) is 1.48. The molecule has 0 radical (unpaired) electrons. The lowest BCUT2D eigenvalue weighted by Crippen LogP contribution is -1.96. The Hall–Kier alpha value is -2.08. The molecule has 2 rings (SSSR count). The van der Waals surface area contributed by atoms with Gasteiger partial charge in [-0.25, -0.2) is 0 Å². The van der Waals surface area contributed by atoms with Crippen LogP contribution in [0, 0.1) is 10.1 Å². The fraction of sp³-hybridized carbons (Fsp3) is 0.0909. The van der Waals surface area contributed by atoms with Crippen molar-refractivity contribution in [3.05, 3.63) is 45.8 Å². The molecule has 1 aromatic carbocycles. The maximum Gasteiger partial charge on any atom is 0.296 e. The third-order valence-corrected chi connectivity index (χ3v) is 2.97. The van der Waals surface area contributed by atoms with Crippen LogP contribution in [-0.2, 0) is 0 Å². The fourth-order valence-corrected chi connectivity index (χ4v) is 2.01. The van der Waals surface area contributed by atoms with Crippen molar-refractivity contribution in [3.8, 4) is 5.75 Å². The number of hydrogen-bond acceptors (Lipinski definition) is 5. The lowest BCUT2D eigenvalue weighted by Gasteiger charge is -2.06. The van der Waals surface area contributed by atoms with Crippen molar-refractivity contribution >= 4 is 27.7 Å². The first-order chi connectivity index (χ1) is 8.20. The van der Waals surface area contributed by atoms with Crippen molar-refractivity contribution < 1.29 is 9.66 Å². The van der Waals surface area contributed by atoms with E-state index in [2.05, 4.69) is 5.32 Å². The van der Waals surface area contributed by atoms with Crippen molar-refractivity contribution in [3.63, 3.8) is 0 Å². The fourth-order valence-electron chi connectivity index (χ4n) is 1.38. The normalized spacial score (nSPS) is 9.94. The molecule has 0 saturated carbocycles. The van der Waals surface area contributed by atoms with E-state index in [1.807, 2.05) is 17.5 Å². The summed E-state index contributed by atoms with van der Waals surface area (Å²) in [5.74, 6) is 0.466. The van der Waals surface area contributed by atoms with Gasteiger partial charge in [-0.2, -0.15) is 0 Å². The molecule has 1 aromatic heterocycles. The van der Waals surface area contributed by atoms with Gasteiger partial charge in [0.2, 0.25) is 0 Å². The Balaban J connectivity index is 2.36. The van der Waals surface area contributed by atoms with Gasteiger partial charge in [0.15, 0.2) is 0 Å². The topological polar surface area (TPSA) is 64.4 Å². The summed E-state index contributed by atoms with van der Waals surface area (Å²) >= 11 is 1.48. The first-order valence-corrected chi connectivity index (χ1v) is 5.71. The highest BCUT2D eigenvalue weighted by Crippen LogP contribution is 2.32. The minimum Gasteiger partial charge on any atom is -0.496 e. The van der Waals surface area contributed by atoms with Crippen LogP contribution in [-0.4, -0.2) is 12.0 Å². The standard InChI is InChI=1S/C11H10N2O3S/c1-16-8-4-5-9(10(7-8)13(14)15)12-11-3-2-6-17-11/h2-7,12H,1H3. The van der Waals surface area contributed by atoms with Crippen LogP contribution < -0.4 is 10.1 Å². The maximum atomic E-state index is 10.9. The molecular formula is C11H10N2O3S. The van der Waals surface area contributed by atoms with Crippen molar-refractivity contribution in [2.45, 2.75) is 0 Å². The van der Waals surface area contributed by atoms with E-state index in [4.69, 9.17) is 4.74 Å². The van der Waals surface area contributed by atoms with Gasteiger partial charge in [0.25, 0.3) is 5.69 Å². The predicted octanol–water partition coefficient (Wildman–Crippen LogP) is 3.41. The average molecular weight is 250 g/mol. The number of benzene rings is 1. The predicted molar refractivity (Wildman–Crippen MR) is 67.3 cm³/mol. The third-order valence-electron chi connectivity index (χ3n) is 2.18. The number of ether oxygens (including phenoxy) is 1. The molecule has 1 N–H and O–H groups in total. The van der Waals surface area contributed by atoms with E-state index in [0.717, 1.165) is 5.00 Å². The number of nitrogens with one attached hydrogen (secondary N) is 1. The van der Waals surface area contributed by atoms with Crippen LogP contribution >= 0.6 is 11.3 Å². The van der Waals surface area contributed by atoms with Crippen LogP contribution in [0.1, 0.15) is 0 Å². The summed E-state index contributed by atoms with van der Waals surface area (Å²) in [4.78, 5) is 10.5. The second-order valence-corrected chi connectivity index (χ2v) is 4.19. The summed E-state index contributed by atoms with van der Waals surface area (Å²) in [5, 5.41) is 16.7. The van der Waals surface area contributed by atoms with Gasteiger partial charge in [0, 0.05) is 0 Å². The first-order valence-electron chi connectivity index (χ1n) is 4.83. The summed E-state index contributed by atoms with van der Waals surface area (Å²) in [6, 6.07) is 8.45. The van der Waals surface area contributed by atoms with Gasteiger partial charge in [-0.1, -0.05) is 0 Å². The quantitative estimate of drug-likeness (QED) is 0.667. The van der Waals surface area contributed by atoms with E-state index in [1.54, 1.807) is 12.1 Å². The molecule has 1 heterocycles. The smallest absolute Gasteiger partial charge is 0.296 e. The zero-order chi connectivity index (χ0) is 12.3. The highest BCUT2D eigenvalue weighted by atomic mass is 32.1. The monoisotopic (exact) mass is 250 g/mol. The van der Waals surface area contributed by atoms with Gasteiger partial charge in [-0.3, -0.25) is 10.1 Å². The molecule has 17 heavy (non-hydrogen) atoms. The van der Waals surface area contributed by atoms with Gasteiger partial charge >= 0.3 is 0 Å². The van der Waals surface area contributed by atoms with Gasteiger partial charge in [-0.15, -0.1) is 11.3 Å². The molecule has 0 amide bonds. The first kappa shape index (κ1) is 11.4. The summed E-state index contributed by atoms with van der Waals surface area (Å²) < 4.78 is 4.97. The summed E-state index contributed by atoms with van der Waals surface area (Å²) in [6.45, 7) is 0. The van der Waals surface area contributed by atoms with E-state index < -0.39 is 4.92 Å². The zero-order valence-corrected chi connectivity index (χ0v) is 9.86. The van der Waals surface area contributed by atoms with Crippen molar-refractivity contribution in [1.82, 2.24) is 0 Å². The lowest BCUT2D eigenvalue weighted by atomic mass is 10.2. The number of thiophene rings is 1. The zero-order valence-electron chi connectivity index (χ0n) is 9.04. The molecule has 0 saturated heterocycles. The molecule has 0 aliphatic rings. The van der Waals surface area contributed by atoms with Crippen LogP contribution in [0.4, 0.5) is 16.4 Å².